The average molecular weight is 603 g/mol. The van der Waals surface area contributed by atoms with E-state index in [0.717, 1.165) is 34.2 Å². The molecule has 0 amide bonds. The quantitative estimate of drug-likeness (QED) is 0.167. The van der Waals surface area contributed by atoms with Gasteiger partial charge in [-0.3, -0.25) is 9.11 Å². The zero-order valence-electron chi connectivity index (χ0n) is 19.1. The van der Waals surface area contributed by atoms with Gasteiger partial charge in [0.2, 0.25) is 5.13 Å². The Morgan fingerprint density at radius 2 is 1.66 bits per heavy atom. The van der Waals surface area contributed by atoms with Crippen molar-refractivity contribution in [3.8, 4) is 5.69 Å². The number of rotatable bonds is 8. The van der Waals surface area contributed by atoms with Crippen molar-refractivity contribution < 1.29 is 39.5 Å². The summed E-state index contributed by atoms with van der Waals surface area (Å²) in [7, 11) is -13.3. The van der Waals surface area contributed by atoms with Crippen LogP contribution in [0.4, 0.5) is 16.6 Å². The van der Waals surface area contributed by atoms with Crippen LogP contribution in [0.2, 0.25) is 0 Å². The number of hydrogen-bond donors (Lipinski definition) is 4. The fraction of sp³-hybridized carbons (Fsp3) is 0.158. The van der Waals surface area contributed by atoms with E-state index in [1.54, 1.807) is 0 Å². The van der Waals surface area contributed by atoms with Crippen LogP contribution in [0.25, 0.3) is 15.9 Å². The van der Waals surface area contributed by atoms with Crippen molar-refractivity contribution in [2.75, 3.05) is 18.1 Å². The largest absolute Gasteiger partial charge is 0.395 e. The third-order valence-electron chi connectivity index (χ3n) is 5.10. The number of aliphatic hydroxyl groups is 1. The van der Waals surface area contributed by atoms with Gasteiger partial charge in [0.1, 0.15) is 4.90 Å². The summed E-state index contributed by atoms with van der Waals surface area (Å²) in [6.07, 6.45) is 0. The summed E-state index contributed by atoms with van der Waals surface area (Å²) in [5.74, 6) is -0.707. The SMILES string of the molecule is Cc1nn(-c2cc(S(=O)(=O)O)ccc2S(=O)(=O)O)c(N)c1/N=N/c1nc2ccc(S(=O)(=O)CCO)cc2s1. The number of aliphatic hydroxyl groups excluding tert-OH is 1. The summed E-state index contributed by atoms with van der Waals surface area (Å²) in [6.45, 7) is 0.931. The van der Waals surface area contributed by atoms with E-state index in [-0.39, 0.29) is 27.2 Å². The van der Waals surface area contributed by atoms with Gasteiger partial charge < -0.3 is 10.8 Å². The highest BCUT2D eigenvalue weighted by Gasteiger charge is 2.24. The van der Waals surface area contributed by atoms with Crippen LogP contribution in [-0.2, 0) is 30.1 Å². The number of nitrogen functional groups attached to an aromatic ring is 1. The Bertz CT molecular complexity index is 1930. The zero-order chi connectivity index (χ0) is 28.0. The summed E-state index contributed by atoms with van der Waals surface area (Å²) in [5, 5.41) is 21.2. The van der Waals surface area contributed by atoms with Crippen molar-refractivity contribution in [3.63, 3.8) is 0 Å². The van der Waals surface area contributed by atoms with Crippen molar-refractivity contribution in [1.29, 1.82) is 0 Å². The van der Waals surface area contributed by atoms with Crippen LogP contribution < -0.4 is 5.73 Å². The Labute approximate surface area is 219 Å². The van der Waals surface area contributed by atoms with E-state index in [2.05, 4.69) is 20.3 Å². The maximum absolute atomic E-state index is 12.2. The molecule has 2 aromatic carbocycles. The number of fused-ring (bicyclic) bond motifs is 1. The number of hydrogen-bond acceptors (Lipinski definition) is 13. The number of thiazole rings is 1. The van der Waals surface area contributed by atoms with Gasteiger partial charge in [0.25, 0.3) is 20.2 Å². The Morgan fingerprint density at radius 1 is 0.974 bits per heavy atom. The Morgan fingerprint density at radius 3 is 2.29 bits per heavy atom. The number of sulfone groups is 1. The molecule has 38 heavy (non-hydrogen) atoms. The van der Waals surface area contributed by atoms with E-state index in [4.69, 9.17) is 10.8 Å². The predicted molar refractivity (Wildman–Crippen MR) is 135 cm³/mol. The van der Waals surface area contributed by atoms with Crippen molar-refractivity contribution in [3.05, 3.63) is 42.1 Å². The molecule has 0 atom stereocenters. The second-order valence-electron chi connectivity index (χ2n) is 7.68. The molecule has 2 heterocycles. The standard InChI is InChI=1S/C19H18N6O9S4/c1-10-17(22-23-19-21-13-4-2-11(9-15(13)35-19)36(27,28)7-6-26)18(20)25(24-10)14-8-12(37(29,30)31)3-5-16(14)38(32,33)34/h2-5,8-9,26H,6-7,20H2,1H3,(H,29,30,31)(H,32,33,34)/b23-22+. The van der Waals surface area contributed by atoms with Crippen molar-refractivity contribution >= 4 is 68.3 Å². The lowest BCUT2D eigenvalue weighted by Gasteiger charge is -2.10. The summed E-state index contributed by atoms with van der Waals surface area (Å²) in [6, 6.07) is 6.54. The monoisotopic (exact) mass is 602 g/mol. The summed E-state index contributed by atoms with van der Waals surface area (Å²) in [4.78, 5) is 2.84. The minimum Gasteiger partial charge on any atom is -0.395 e. The van der Waals surface area contributed by atoms with Crippen LogP contribution in [0.15, 0.2) is 61.3 Å². The molecule has 0 bridgehead atoms. The minimum atomic E-state index is -4.86. The zero-order valence-corrected chi connectivity index (χ0v) is 22.4. The first-order chi connectivity index (χ1) is 17.6. The van der Waals surface area contributed by atoms with Crippen molar-refractivity contribution in [2.45, 2.75) is 21.6 Å². The highest BCUT2D eigenvalue weighted by atomic mass is 32.2. The molecule has 0 spiro atoms. The number of nitrogens with zero attached hydrogens (tertiary/aromatic N) is 5. The predicted octanol–water partition coefficient (Wildman–Crippen LogP) is 2.05. The molecule has 202 valence electrons. The van der Waals surface area contributed by atoms with Crippen LogP contribution in [0.3, 0.4) is 0 Å². The molecule has 19 heteroatoms. The van der Waals surface area contributed by atoms with E-state index in [1.807, 2.05) is 0 Å². The van der Waals surface area contributed by atoms with Gasteiger partial charge in [-0.05, 0) is 43.3 Å². The van der Waals surface area contributed by atoms with Crippen LogP contribution in [-0.4, -0.2) is 66.6 Å². The fourth-order valence-electron chi connectivity index (χ4n) is 3.35. The number of anilines is 1. The minimum absolute atomic E-state index is 0.00863. The van der Waals surface area contributed by atoms with E-state index < -0.39 is 57.9 Å². The van der Waals surface area contributed by atoms with Crippen LogP contribution in [0.1, 0.15) is 5.69 Å². The van der Waals surface area contributed by atoms with E-state index in [0.29, 0.717) is 10.2 Å². The Kier molecular flexibility index (Phi) is 7.12. The third-order valence-corrected chi connectivity index (χ3v) is 9.45. The molecule has 0 radical (unpaired) electrons. The summed E-state index contributed by atoms with van der Waals surface area (Å²) >= 11 is 1.02. The Hall–Kier alpha value is -3.33. The fourth-order valence-corrected chi connectivity index (χ4v) is 6.45. The first kappa shape index (κ1) is 27.7. The molecule has 15 nitrogen and oxygen atoms in total. The molecular formula is C19H18N6O9S4. The molecule has 0 aliphatic heterocycles. The second kappa shape index (κ2) is 9.76. The van der Waals surface area contributed by atoms with Crippen LogP contribution in [0, 0.1) is 6.92 Å². The van der Waals surface area contributed by atoms with Gasteiger partial charge in [-0.1, -0.05) is 11.3 Å². The third kappa shape index (κ3) is 5.43. The maximum atomic E-state index is 12.2. The molecule has 0 unspecified atom stereocenters. The number of nitrogens with two attached hydrogens (primary N) is 1. The highest BCUT2D eigenvalue weighted by Crippen LogP contribution is 2.35. The Balaban J connectivity index is 1.76. The molecule has 0 aliphatic rings. The molecular weight excluding hydrogens is 585 g/mol. The smallest absolute Gasteiger partial charge is 0.296 e. The van der Waals surface area contributed by atoms with Gasteiger partial charge in [0.15, 0.2) is 21.3 Å². The lowest BCUT2D eigenvalue weighted by Crippen LogP contribution is -2.11. The average Bonchev–Trinajstić information content (AvgIpc) is 3.35. The van der Waals surface area contributed by atoms with E-state index in [1.165, 1.54) is 25.1 Å². The van der Waals surface area contributed by atoms with Gasteiger partial charge in [0.05, 0.1) is 43.7 Å². The highest BCUT2D eigenvalue weighted by molar-refractivity contribution is 7.91. The topological polar surface area (TPSA) is 245 Å². The van der Waals surface area contributed by atoms with Gasteiger partial charge in [-0.15, -0.1) is 10.2 Å². The van der Waals surface area contributed by atoms with E-state index in [9.17, 15) is 34.4 Å². The van der Waals surface area contributed by atoms with Gasteiger partial charge >= 0.3 is 0 Å². The van der Waals surface area contributed by atoms with Crippen molar-refractivity contribution in [2.24, 2.45) is 10.2 Å². The molecule has 0 fully saturated rings. The molecule has 0 saturated carbocycles. The molecule has 5 N–H and O–H groups in total. The molecule has 4 aromatic rings. The summed E-state index contributed by atoms with van der Waals surface area (Å²) < 4.78 is 91.6. The molecule has 4 rings (SSSR count). The van der Waals surface area contributed by atoms with Gasteiger partial charge in [0, 0.05) is 0 Å². The van der Waals surface area contributed by atoms with Crippen LogP contribution >= 0.6 is 11.3 Å². The molecule has 0 aliphatic carbocycles. The number of azo groups is 1. The lowest BCUT2D eigenvalue weighted by atomic mass is 10.3. The number of aromatic nitrogens is 3. The summed E-state index contributed by atoms with van der Waals surface area (Å²) in [5.41, 5.74) is 6.17. The van der Waals surface area contributed by atoms with Gasteiger partial charge in [-0.25, -0.2) is 18.1 Å². The first-order valence-corrected chi connectivity index (χ1v) is 15.6. The molecule has 2 aromatic heterocycles. The van der Waals surface area contributed by atoms with E-state index >= 15 is 0 Å². The lowest BCUT2D eigenvalue weighted by molar-refractivity contribution is 0.319. The number of aryl methyl sites for hydroxylation is 1. The second-order valence-corrected chi connectivity index (χ2v) is 13.6. The maximum Gasteiger partial charge on any atom is 0.296 e. The number of benzene rings is 2. The van der Waals surface area contributed by atoms with Crippen molar-refractivity contribution in [1.82, 2.24) is 14.8 Å². The molecule has 0 saturated heterocycles. The van der Waals surface area contributed by atoms with Gasteiger partial charge in [-0.2, -0.15) is 21.9 Å². The van der Waals surface area contributed by atoms with Crippen LogP contribution in [0.5, 0.6) is 0 Å². The normalized spacial score (nSPS) is 13.1. The first-order valence-electron chi connectivity index (χ1n) is 10.2.